The maximum atomic E-state index is 12.5. The van der Waals surface area contributed by atoms with Gasteiger partial charge in [-0.15, -0.1) is 0 Å². The van der Waals surface area contributed by atoms with Gasteiger partial charge >= 0.3 is 0 Å². The Labute approximate surface area is 143 Å². The minimum Gasteiger partial charge on any atom is -0.396 e. The second kappa shape index (κ2) is 7.84. The molecular formula is C16H14Cl3NO2. The number of aliphatic hydroxyl groups is 1. The van der Waals surface area contributed by atoms with Crippen molar-refractivity contribution in [3.05, 3.63) is 68.7 Å². The van der Waals surface area contributed by atoms with E-state index in [1.807, 2.05) is 6.07 Å². The summed E-state index contributed by atoms with van der Waals surface area (Å²) >= 11 is 18.2. The number of hydrogen-bond acceptors (Lipinski definition) is 2. The molecule has 1 unspecified atom stereocenters. The molecule has 0 aliphatic rings. The van der Waals surface area contributed by atoms with Crippen molar-refractivity contribution in [3.63, 3.8) is 0 Å². The Morgan fingerprint density at radius 3 is 2.18 bits per heavy atom. The first kappa shape index (κ1) is 17.1. The Balaban J connectivity index is 2.29. The molecule has 0 saturated carbocycles. The van der Waals surface area contributed by atoms with Crippen molar-refractivity contribution in [3.8, 4) is 0 Å². The first-order valence-corrected chi connectivity index (χ1v) is 7.78. The molecule has 6 heteroatoms. The predicted molar refractivity (Wildman–Crippen MR) is 89.8 cm³/mol. The maximum absolute atomic E-state index is 12.5. The van der Waals surface area contributed by atoms with Gasteiger partial charge in [0.05, 0.1) is 21.7 Å². The Morgan fingerprint density at radius 2 is 1.59 bits per heavy atom. The lowest BCUT2D eigenvalue weighted by atomic mass is 10.0. The fraction of sp³-hybridized carbons (Fsp3) is 0.188. The summed E-state index contributed by atoms with van der Waals surface area (Å²) in [7, 11) is 0. The molecule has 2 aromatic carbocycles. The minimum absolute atomic E-state index is 0.0908. The van der Waals surface area contributed by atoms with E-state index >= 15 is 0 Å². The van der Waals surface area contributed by atoms with Crippen LogP contribution in [0.3, 0.4) is 0 Å². The van der Waals surface area contributed by atoms with Crippen molar-refractivity contribution < 1.29 is 9.90 Å². The zero-order valence-electron chi connectivity index (χ0n) is 11.5. The third-order valence-electron chi connectivity index (χ3n) is 3.19. The molecule has 1 atom stereocenters. The molecule has 2 rings (SSSR count). The van der Waals surface area contributed by atoms with Crippen molar-refractivity contribution in [2.24, 2.45) is 0 Å². The van der Waals surface area contributed by atoms with E-state index in [-0.39, 0.29) is 22.2 Å². The highest BCUT2D eigenvalue weighted by molar-refractivity contribution is 6.39. The Morgan fingerprint density at radius 1 is 1.00 bits per heavy atom. The van der Waals surface area contributed by atoms with Gasteiger partial charge in [-0.05, 0) is 30.2 Å². The largest absolute Gasteiger partial charge is 0.396 e. The van der Waals surface area contributed by atoms with Crippen LogP contribution in [0.15, 0.2) is 42.5 Å². The molecule has 1 amide bonds. The number of halogens is 3. The molecule has 0 bridgehead atoms. The summed E-state index contributed by atoms with van der Waals surface area (Å²) in [4.78, 5) is 12.5. The van der Waals surface area contributed by atoms with Crippen LogP contribution < -0.4 is 5.32 Å². The summed E-state index contributed by atoms with van der Waals surface area (Å²) in [6.45, 7) is -0.0908. The number of benzene rings is 2. The van der Waals surface area contributed by atoms with E-state index in [1.165, 1.54) is 0 Å². The summed E-state index contributed by atoms with van der Waals surface area (Å²) in [5.74, 6) is -0.408. The first-order valence-electron chi connectivity index (χ1n) is 6.64. The van der Waals surface area contributed by atoms with Crippen LogP contribution in [0.2, 0.25) is 15.1 Å². The predicted octanol–water partition coefficient (Wildman–Crippen LogP) is 4.50. The summed E-state index contributed by atoms with van der Waals surface area (Å²) in [5.41, 5.74) is 0.940. The molecule has 0 aliphatic carbocycles. The van der Waals surface area contributed by atoms with E-state index in [2.05, 4.69) is 5.32 Å². The van der Waals surface area contributed by atoms with Crippen molar-refractivity contribution in [1.82, 2.24) is 5.32 Å². The van der Waals surface area contributed by atoms with Gasteiger partial charge in [-0.1, -0.05) is 59.1 Å². The highest BCUT2D eigenvalue weighted by Gasteiger charge is 2.20. The van der Waals surface area contributed by atoms with Gasteiger partial charge in [-0.3, -0.25) is 4.79 Å². The maximum Gasteiger partial charge on any atom is 0.254 e. The molecule has 22 heavy (non-hydrogen) atoms. The molecule has 0 saturated heterocycles. The summed E-state index contributed by atoms with van der Waals surface area (Å²) in [5, 5.41) is 13.1. The smallest absolute Gasteiger partial charge is 0.254 e. The quantitative estimate of drug-likeness (QED) is 0.826. The zero-order chi connectivity index (χ0) is 16.1. The molecule has 0 heterocycles. The van der Waals surface area contributed by atoms with Gasteiger partial charge in [0.25, 0.3) is 5.91 Å². The fourth-order valence-corrected chi connectivity index (χ4v) is 2.97. The third kappa shape index (κ3) is 3.93. The van der Waals surface area contributed by atoms with Gasteiger partial charge in [-0.2, -0.15) is 0 Å². The SMILES string of the molecule is O=C(NC(CCO)c1ccccc1Cl)c1c(Cl)cccc1Cl. The van der Waals surface area contributed by atoms with Crippen LogP contribution in [0.5, 0.6) is 0 Å². The molecule has 3 nitrogen and oxygen atoms in total. The lowest BCUT2D eigenvalue weighted by Crippen LogP contribution is -2.30. The van der Waals surface area contributed by atoms with Crippen molar-refractivity contribution in [2.45, 2.75) is 12.5 Å². The normalized spacial score (nSPS) is 12.0. The van der Waals surface area contributed by atoms with Crippen molar-refractivity contribution in [2.75, 3.05) is 6.61 Å². The molecule has 2 aromatic rings. The summed E-state index contributed by atoms with van der Waals surface area (Å²) in [6.07, 6.45) is 0.331. The van der Waals surface area contributed by atoms with E-state index in [0.29, 0.717) is 11.4 Å². The molecule has 116 valence electrons. The zero-order valence-corrected chi connectivity index (χ0v) is 13.8. The van der Waals surface area contributed by atoms with Gasteiger partial charge in [0.15, 0.2) is 0 Å². The lowest BCUT2D eigenvalue weighted by Gasteiger charge is -2.20. The Bertz CT molecular complexity index is 656. The monoisotopic (exact) mass is 357 g/mol. The third-order valence-corrected chi connectivity index (χ3v) is 4.17. The number of aliphatic hydroxyl groups excluding tert-OH is 1. The number of hydrogen-bond donors (Lipinski definition) is 2. The first-order chi connectivity index (χ1) is 10.5. The van der Waals surface area contributed by atoms with E-state index in [0.717, 1.165) is 5.56 Å². The summed E-state index contributed by atoms with van der Waals surface area (Å²) in [6, 6.07) is 11.6. The van der Waals surface area contributed by atoms with Crippen LogP contribution in [0.25, 0.3) is 0 Å². The molecule has 2 N–H and O–H groups in total. The van der Waals surface area contributed by atoms with Crippen molar-refractivity contribution in [1.29, 1.82) is 0 Å². The average molecular weight is 359 g/mol. The second-order valence-corrected chi connectivity index (χ2v) is 5.88. The highest BCUT2D eigenvalue weighted by Crippen LogP contribution is 2.28. The Kier molecular flexibility index (Phi) is 6.09. The molecule has 0 aliphatic heterocycles. The standard InChI is InChI=1S/C16H14Cl3NO2/c17-11-5-2-1-4-10(11)14(8-9-21)20-16(22)15-12(18)6-3-7-13(15)19/h1-7,14,21H,8-9H2,(H,20,22). The van der Waals surface area contributed by atoms with Crippen LogP contribution in [0, 0.1) is 0 Å². The second-order valence-electron chi connectivity index (χ2n) is 4.66. The van der Waals surface area contributed by atoms with Crippen LogP contribution in [0.1, 0.15) is 28.4 Å². The van der Waals surface area contributed by atoms with Gasteiger partial charge in [0, 0.05) is 11.6 Å². The lowest BCUT2D eigenvalue weighted by molar-refractivity contribution is 0.0930. The number of carbonyl (C=O) groups is 1. The Hall–Kier alpha value is -1.26. The van der Waals surface area contributed by atoms with Crippen LogP contribution in [-0.2, 0) is 0 Å². The molecule has 0 fully saturated rings. The van der Waals surface area contributed by atoms with E-state index in [1.54, 1.807) is 36.4 Å². The number of carbonyl (C=O) groups excluding carboxylic acids is 1. The van der Waals surface area contributed by atoms with Crippen molar-refractivity contribution >= 4 is 40.7 Å². The highest BCUT2D eigenvalue weighted by atomic mass is 35.5. The van der Waals surface area contributed by atoms with Gasteiger partial charge in [0.1, 0.15) is 0 Å². The van der Waals surface area contributed by atoms with Crippen LogP contribution >= 0.6 is 34.8 Å². The average Bonchev–Trinajstić information content (AvgIpc) is 2.47. The van der Waals surface area contributed by atoms with Crippen LogP contribution in [-0.4, -0.2) is 17.6 Å². The molecular weight excluding hydrogens is 345 g/mol. The van der Waals surface area contributed by atoms with E-state index < -0.39 is 11.9 Å². The molecule has 0 aromatic heterocycles. The van der Waals surface area contributed by atoms with Gasteiger partial charge in [0.2, 0.25) is 0 Å². The van der Waals surface area contributed by atoms with E-state index in [4.69, 9.17) is 34.8 Å². The topological polar surface area (TPSA) is 49.3 Å². The van der Waals surface area contributed by atoms with E-state index in [9.17, 15) is 9.90 Å². The van der Waals surface area contributed by atoms with Gasteiger partial charge in [-0.25, -0.2) is 0 Å². The molecule has 0 radical (unpaired) electrons. The number of amides is 1. The molecule has 0 spiro atoms. The number of nitrogens with one attached hydrogen (secondary N) is 1. The minimum atomic E-state index is -0.432. The number of rotatable bonds is 5. The van der Waals surface area contributed by atoms with Crippen LogP contribution in [0.4, 0.5) is 0 Å². The fourth-order valence-electron chi connectivity index (χ4n) is 2.14. The van der Waals surface area contributed by atoms with Gasteiger partial charge < -0.3 is 10.4 Å². The summed E-state index contributed by atoms with van der Waals surface area (Å²) < 4.78 is 0.